The van der Waals surface area contributed by atoms with E-state index in [0.29, 0.717) is 12.8 Å². The van der Waals surface area contributed by atoms with Gasteiger partial charge in [-0.2, -0.15) is 13.2 Å². The Morgan fingerprint density at radius 3 is 2.55 bits per heavy atom. The molecule has 1 amide bonds. The van der Waals surface area contributed by atoms with E-state index in [-0.39, 0.29) is 13.0 Å². The summed E-state index contributed by atoms with van der Waals surface area (Å²) in [4.78, 5) is 12.9. The molecule has 1 aromatic rings. The van der Waals surface area contributed by atoms with Gasteiger partial charge in [0.2, 0.25) is 5.91 Å². The summed E-state index contributed by atoms with van der Waals surface area (Å²) in [6.07, 6.45) is -0.456. The molecule has 2 nitrogen and oxygen atoms in total. The Balaban J connectivity index is 2.09. The lowest BCUT2D eigenvalue weighted by Gasteiger charge is -2.36. The summed E-state index contributed by atoms with van der Waals surface area (Å²) in [5.74, 6) is -0.573. The Kier molecular flexibility index (Phi) is 4.47. The Labute approximate surface area is 115 Å². The van der Waals surface area contributed by atoms with Gasteiger partial charge in [-0.15, -0.1) is 0 Å². The molecule has 0 bridgehead atoms. The van der Waals surface area contributed by atoms with E-state index in [2.05, 4.69) is 0 Å². The van der Waals surface area contributed by atoms with Crippen LogP contribution in [0, 0.1) is 0 Å². The van der Waals surface area contributed by atoms with Crippen molar-refractivity contribution in [1.29, 1.82) is 0 Å². The molecule has 0 radical (unpaired) electrons. The molecular formula is C15H16F3NO. The van der Waals surface area contributed by atoms with Crippen LogP contribution >= 0.6 is 0 Å². The molecule has 2 rings (SSSR count). The number of piperidine rings is 1. The molecule has 1 atom stereocenters. The summed E-state index contributed by atoms with van der Waals surface area (Å²) in [7, 11) is 0. The molecule has 1 aliphatic heterocycles. The quantitative estimate of drug-likeness (QED) is 0.759. The van der Waals surface area contributed by atoms with Gasteiger partial charge in [0.1, 0.15) is 6.04 Å². The van der Waals surface area contributed by atoms with Gasteiger partial charge in [0, 0.05) is 12.6 Å². The van der Waals surface area contributed by atoms with Crippen LogP contribution < -0.4 is 0 Å². The van der Waals surface area contributed by atoms with E-state index in [0.717, 1.165) is 10.5 Å². The fraction of sp³-hybridized carbons (Fsp3) is 0.400. The summed E-state index contributed by atoms with van der Waals surface area (Å²) in [5.41, 5.74) is 0.793. The number of likely N-dealkylation sites (tertiary alicyclic amines) is 1. The summed E-state index contributed by atoms with van der Waals surface area (Å²) in [6.45, 7) is 0.169. The predicted octanol–water partition coefficient (Wildman–Crippen LogP) is 3.64. The number of benzene rings is 1. The topological polar surface area (TPSA) is 20.3 Å². The van der Waals surface area contributed by atoms with Crippen LogP contribution in [-0.2, 0) is 4.79 Å². The van der Waals surface area contributed by atoms with Crippen molar-refractivity contribution in [2.24, 2.45) is 0 Å². The Morgan fingerprint density at radius 1 is 1.20 bits per heavy atom. The average Bonchev–Trinajstić information content (AvgIpc) is 2.45. The van der Waals surface area contributed by atoms with Crippen LogP contribution in [0.5, 0.6) is 0 Å². The third-order valence-corrected chi connectivity index (χ3v) is 3.38. The number of nitrogens with zero attached hydrogens (tertiary/aromatic N) is 1. The van der Waals surface area contributed by atoms with Crippen molar-refractivity contribution in [2.75, 3.05) is 6.54 Å². The highest BCUT2D eigenvalue weighted by atomic mass is 19.4. The maximum Gasteiger partial charge on any atom is 0.408 e. The first-order valence-corrected chi connectivity index (χ1v) is 6.59. The first-order valence-electron chi connectivity index (χ1n) is 6.59. The minimum atomic E-state index is -4.35. The van der Waals surface area contributed by atoms with Crippen molar-refractivity contribution in [3.05, 3.63) is 42.0 Å². The van der Waals surface area contributed by atoms with E-state index in [1.807, 2.05) is 18.2 Å². The maximum atomic E-state index is 12.9. The third-order valence-electron chi connectivity index (χ3n) is 3.38. The molecule has 20 heavy (non-hydrogen) atoms. The summed E-state index contributed by atoms with van der Waals surface area (Å²) in [6, 6.07) is 7.39. The molecule has 1 unspecified atom stereocenters. The molecule has 0 spiro atoms. The van der Waals surface area contributed by atoms with E-state index < -0.39 is 18.1 Å². The van der Waals surface area contributed by atoms with Crippen LogP contribution in [0.3, 0.4) is 0 Å². The molecule has 1 heterocycles. The predicted molar refractivity (Wildman–Crippen MR) is 70.9 cm³/mol. The van der Waals surface area contributed by atoms with Crippen molar-refractivity contribution in [2.45, 2.75) is 31.5 Å². The summed E-state index contributed by atoms with van der Waals surface area (Å²) in [5, 5.41) is 0. The number of halogens is 3. The van der Waals surface area contributed by atoms with Gasteiger partial charge >= 0.3 is 6.18 Å². The van der Waals surface area contributed by atoms with Gasteiger partial charge in [-0.05, 0) is 30.9 Å². The van der Waals surface area contributed by atoms with Crippen LogP contribution in [0.1, 0.15) is 24.8 Å². The minimum Gasteiger partial charge on any atom is -0.327 e. The van der Waals surface area contributed by atoms with Gasteiger partial charge in [0.25, 0.3) is 0 Å². The highest BCUT2D eigenvalue weighted by Gasteiger charge is 2.45. The number of carbonyl (C=O) groups is 1. The van der Waals surface area contributed by atoms with Crippen molar-refractivity contribution in [3.63, 3.8) is 0 Å². The van der Waals surface area contributed by atoms with Gasteiger partial charge in [0.05, 0.1) is 0 Å². The van der Waals surface area contributed by atoms with Crippen molar-refractivity contribution < 1.29 is 18.0 Å². The second-order valence-corrected chi connectivity index (χ2v) is 4.83. The number of hydrogen-bond acceptors (Lipinski definition) is 1. The van der Waals surface area contributed by atoms with E-state index >= 15 is 0 Å². The van der Waals surface area contributed by atoms with Gasteiger partial charge < -0.3 is 4.90 Å². The van der Waals surface area contributed by atoms with Crippen LogP contribution in [0.4, 0.5) is 13.2 Å². The first kappa shape index (κ1) is 14.6. The molecule has 5 heteroatoms. The van der Waals surface area contributed by atoms with Gasteiger partial charge in [-0.25, -0.2) is 0 Å². The SMILES string of the molecule is O=C(C=Cc1ccccc1)N1CCCCC1C(F)(F)F. The largest absolute Gasteiger partial charge is 0.408 e. The zero-order valence-corrected chi connectivity index (χ0v) is 10.9. The summed E-state index contributed by atoms with van der Waals surface area (Å²) >= 11 is 0. The highest BCUT2D eigenvalue weighted by molar-refractivity contribution is 5.92. The number of amides is 1. The second kappa shape index (κ2) is 6.11. The lowest BCUT2D eigenvalue weighted by atomic mass is 10.0. The van der Waals surface area contributed by atoms with E-state index in [1.54, 1.807) is 18.2 Å². The fourth-order valence-electron chi connectivity index (χ4n) is 2.36. The smallest absolute Gasteiger partial charge is 0.327 e. The molecule has 0 aliphatic carbocycles. The normalized spacial score (nSPS) is 20.4. The average molecular weight is 283 g/mol. The van der Waals surface area contributed by atoms with Gasteiger partial charge in [-0.1, -0.05) is 30.3 Å². The number of alkyl halides is 3. The zero-order chi connectivity index (χ0) is 14.6. The lowest BCUT2D eigenvalue weighted by molar-refractivity contribution is -0.193. The molecule has 1 aromatic carbocycles. The molecule has 0 saturated carbocycles. The van der Waals surface area contributed by atoms with Crippen molar-refractivity contribution >= 4 is 12.0 Å². The van der Waals surface area contributed by atoms with E-state index in [9.17, 15) is 18.0 Å². The fourth-order valence-corrected chi connectivity index (χ4v) is 2.36. The number of rotatable bonds is 2. The molecule has 0 N–H and O–H groups in total. The Bertz CT molecular complexity index is 482. The maximum absolute atomic E-state index is 12.9. The standard InChI is InChI=1S/C15H16F3NO/c16-15(17,18)13-8-4-5-11-19(13)14(20)10-9-12-6-2-1-3-7-12/h1-3,6-7,9-10,13H,4-5,8,11H2. The molecule has 1 fully saturated rings. The first-order chi connectivity index (χ1) is 9.48. The number of hydrogen-bond donors (Lipinski definition) is 0. The van der Waals surface area contributed by atoms with Crippen LogP contribution in [0.25, 0.3) is 6.08 Å². The van der Waals surface area contributed by atoms with E-state index in [4.69, 9.17) is 0 Å². The minimum absolute atomic E-state index is 0.00554. The van der Waals surface area contributed by atoms with Gasteiger partial charge in [-0.3, -0.25) is 4.79 Å². The molecule has 1 aliphatic rings. The molecule has 108 valence electrons. The Morgan fingerprint density at radius 2 is 1.90 bits per heavy atom. The lowest BCUT2D eigenvalue weighted by Crippen LogP contribution is -2.50. The highest BCUT2D eigenvalue weighted by Crippen LogP contribution is 2.31. The van der Waals surface area contributed by atoms with Crippen LogP contribution in [0.2, 0.25) is 0 Å². The van der Waals surface area contributed by atoms with E-state index in [1.165, 1.54) is 6.08 Å². The Hall–Kier alpha value is -1.78. The van der Waals surface area contributed by atoms with Crippen LogP contribution in [-0.4, -0.2) is 29.6 Å². The van der Waals surface area contributed by atoms with Gasteiger partial charge in [0.15, 0.2) is 0 Å². The molecular weight excluding hydrogens is 267 g/mol. The molecule has 0 aromatic heterocycles. The number of carbonyl (C=O) groups excluding carboxylic acids is 1. The molecule has 1 saturated heterocycles. The zero-order valence-electron chi connectivity index (χ0n) is 10.9. The van der Waals surface area contributed by atoms with Crippen LogP contribution in [0.15, 0.2) is 36.4 Å². The monoisotopic (exact) mass is 283 g/mol. The third kappa shape index (κ3) is 3.62. The van der Waals surface area contributed by atoms with Crippen molar-refractivity contribution in [1.82, 2.24) is 4.90 Å². The summed E-state index contributed by atoms with van der Waals surface area (Å²) < 4.78 is 38.7. The second-order valence-electron chi connectivity index (χ2n) is 4.83. The van der Waals surface area contributed by atoms with Crippen molar-refractivity contribution in [3.8, 4) is 0 Å².